The molecule has 1 fully saturated rings. The molecule has 0 aromatic heterocycles. The molecule has 1 aliphatic rings. The largest absolute Gasteiger partial charge is 0.310 e. The maximum absolute atomic E-state index is 10.9. The summed E-state index contributed by atoms with van der Waals surface area (Å²) in [4.78, 5) is 10.5. The number of nitro benzene ring substituents is 1. The molecule has 2 rings (SSSR count). The molecular formula is C16H23BrN2O2. The summed E-state index contributed by atoms with van der Waals surface area (Å²) in [6.07, 6.45) is 7.99. The van der Waals surface area contributed by atoms with Crippen LogP contribution in [0.15, 0.2) is 22.7 Å². The first-order valence-corrected chi connectivity index (χ1v) is 8.53. The van der Waals surface area contributed by atoms with Crippen molar-refractivity contribution in [1.82, 2.24) is 5.32 Å². The van der Waals surface area contributed by atoms with Gasteiger partial charge in [-0.05, 0) is 37.3 Å². The fourth-order valence-corrected chi connectivity index (χ4v) is 3.63. The fraction of sp³-hybridized carbons (Fsp3) is 0.625. The van der Waals surface area contributed by atoms with Crippen LogP contribution in [0.4, 0.5) is 5.69 Å². The highest BCUT2D eigenvalue weighted by Gasteiger charge is 2.18. The van der Waals surface area contributed by atoms with E-state index in [-0.39, 0.29) is 10.6 Å². The molecular weight excluding hydrogens is 332 g/mol. The number of hydrogen-bond acceptors (Lipinski definition) is 3. The molecule has 5 heteroatoms. The molecule has 21 heavy (non-hydrogen) atoms. The molecule has 1 atom stereocenters. The van der Waals surface area contributed by atoms with Crippen molar-refractivity contribution in [3.05, 3.63) is 38.3 Å². The highest BCUT2D eigenvalue weighted by molar-refractivity contribution is 9.10. The standard InChI is InChI=1S/C16H23BrN2O2/c1-12(14-6-4-2-3-5-7-14)18-11-13-8-15(17)10-16(9-13)19(20)21/h8-10,12,14,18H,2-7,11H2,1H3/t12-/m1/s1. The van der Waals surface area contributed by atoms with E-state index in [4.69, 9.17) is 0 Å². The lowest BCUT2D eigenvalue weighted by atomic mass is 9.93. The Hall–Kier alpha value is -0.940. The topological polar surface area (TPSA) is 55.2 Å². The second-order valence-electron chi connectivity index (χ2n) is 6.00. The lowest BCUT2D eigenvalue weighted by Gasteiger charge is -2.23. The molecule has 0 bridgehead atoms. The number of benzene rings is 1. The Morgan fingerprint density at radius 1 is 1.29 bits per heavy atom. The average molecular weight is 355 g/mol. The van der Waals surface area contributed by atoms with E-state index in [0.29, 0.717) is 12.6 Å². The van der Waals surface area contributed by atoms with Gasteiger partial charge in [0.2, 0.25) is 0 Å². The maximum Gasteiger partial charge on any atom is 0.270 e. The second-order valence-corrected chi connectivity index (χ2v) is 6.91. The smallest absolute Gasteiger partial charge is 0.270 e. The number of nitro groups is 1. The first-order chi connectivity index (χ1) is 10.1. The van der Waals surface area contributed by atoms with Gasteiger partial charge < -0.3 is 5.32 Å². The summed E-state index contributed by atoms with van der Waals surface area (Å²) in [5.41, 5.74) is 1.10. The van der Waals surface area contributed by atoms with Crippen LogP contribution in [0.5, 0.6) is 0 Å². The highest BCUT2D eigenvalue weighted by atomic mass is 79.9. The number of rotatable bonds is 5. The quantitative estimate of drug-likeness (QED) is 0.469. The Morgan fingerprint density at radius 2 is 1.95 bits per heavy atom. The van der Waals surface area contributed by atoms with Crippen LogP contribution in [0.25, 0.3) is 0 Å². The summed E-state index contributed by atoms with van der Waals surface area (Å²) in [6, 6.07) is 5.59. The minimum atomic E-state index is -0.344. The van der Waals surface area contributed by atoms with Crippen molar-refractivity contribution >= 4 is 21.6 Å². The number of nitrogens with one attached hydrogen (secondary N) is 1. The molecule has 0 radical (unpaired) electrons. The number of halogens is 1. The van der Waals surface area contributed by atoms with Gasteiger partial charge in [-0.15, -0.1) is 0 Å². The van der Waals surface area contributed by atoms with E-state index in [1.54, 1.807) is 6.07 Å². The SMILES string of the molecule is C[C@@H](NCc1cc(Br)cc([N+](=O)[O-])c1)C1CCCCCC1. The van der Waals surface area contributed by atoms with Gasteiger partial charge in [-0.3, -0.25) is 10.1 Å². The molecule has 1 aromatic rings. The zero-order valence-corrected chi connectivity index (χ0v) is 14.1. The molecule has 0 unspecified atom stereocenters. The molecule has 0 spiro atoms. The van der Waals surface area contributed by atoms with Crippen LogP contribution in [0.1, 0.15) is 51.0 Å². The molecule has 1 aliphatic carbocycles. The molecule has 0 saturated heterocycles. The predicted octanol–water partition coefficient (Wildman–Crippen LogP) is 4.81. The number of hydrogen-bond donors (Lipinski definition) is 1. The van der Waals surface area contributed by atoms with Gasteiger partial charge >= 0.3 is 0 Å². The van der Waals surface area contributed by atoms with Crippen molar-refractivity contribution in [3.63, 3.8) is 0 Å². The monoisotopic (exact) mass is 354 g/mol. The molecule has 116 valence electrons. The van der Waals surface area contributed by atoms with Crippen molar-refractivity contribution < 1.29 is 4.92 Å². The Morgan fingerprint density at radius 3 is 2.57 bits per heavy atom. The van der Waals surface area contributed by atoms with Crippen LogP contribution in [-0.2, 0) is 6.54 Å². The highest BCUT2D eigenvalue weighted by Crippen LogP contribution is 2.26. The van der Waals surface area contributed by atoms with E-state index in [9.17, 15) is 10.1 Å². The van der Waals surface area contributed by atoms with Crippen molar-refractivity contribution in [2.24, 2.45) is 5.92 Å². The van der Waals surface area contributed by atoms with Crippen LogP contribution in [-0.4, -0.2) is 11.0 Å². The third kappa shape index (κ3) is 5.08. The fourth-order valence-electron chi connectivity index (χ4n) is 3.10. The van der Waals surface area contributed by atoms with Crippen molar-refractivity contribution in [2.75, 3.05) is 0 Å². The molecule has 1 N–H and O–H groups in total. The van der Waals surface area contributed by atoms with Crippen LogP contribution in [0.3, 0.4) is 0 Å². The first kappa shape index (κ1) is 16.4. The Bertz CT molecular complexity index is 485. The summed E-state index contributed by atoms with van der Waals surface area (Å²) in [5.74, 6) is 0.731. The molecule has 0 amide bonds. The van der Waals surface area contributed by atoms with Gasteiger partial charge in [-0.25, -0.2) is 0 Å². The Balaban J connectivity index is 1.94. The summed E-state index contributed by atoms with van der Waals surface area (Å²) in [6.45, 7) is 2.92. The van der Waals surface area contributed by atoms with Gasteiger partial charge in [0.05, 0.1) is 4.92 Å². The van der Waals surface area contributed by atoms with Gasteiger partial charge in [0.1, 0.15) is 0 Å². The first-order valence-electron chi connectivity index (χ1n) is 7.73. The summed E-state index contributed by atoms with van der Waals surface area (Å²) in [7, 11) is 0. The third-order valence-corrected chi connectivity index (χ3v) is 4.85. The number of nitrogens with zero attached hydrogens (tertiary/aromatic N) is 1. The minimum Gasteiger partial charge on any atom is -0.310 e. The van der Waals surface area contributed by atoms with Crippen LogP contribution in [0.2, 0.25) is 0 Å². The third-order valence-electron chi connectivity index (χ3n) is 4.39. The molecule has 0 aliphatic heterocycles. The normalized spacial score (nSPS) is 18.2. The van der Waals surface area contributed by atoms with Gasteiger partial charge in [0.25, 0.3) is 5.69 Å². The van der Waals surface area contributed by atoms with Crippen LogP contribution >= 0.6 is 15.9 Å². The van der Waals surface area contributed by atoms with E-state index < -0.39 is 0 Å². The van der Waals surface area contributed by atoms with E-state index >= 15 is 0 Å². The maximum atomic E-state index is 10.9. The van der Waals surface area contributed by atoms with E-state index in [1.165, 1.54) is 44.6 Å². The zero-order valence-electron chi connectivity index (χ0n) is 12.5. The van der Waals surface area contributed by atoms with E-state index in [0.717, 1.165) is 16.0 Å². The van der Waals surface area contributed by atoms with E-state index in [1.807, 2.05) is 6.07 Å². The van der Waals surface area contributed by atoms with Gasteiger partial charge in [-0.1, -0.05) is 41.6 Å². The lowest BCUT2D eigenvalue weighted by molar-refractivity contribution is -0.385. The van der Waals surface area contributed by atoms with Crippen molar-refractivity contribution in [3.8, 4) is 0 Å². The van der Waals surface area contributed by atoms with Gasteiger partial charge in [-0.2, -0.15) is 0 Å². The summed E-state index contributed by atoms with van der Waals surface area (Å²) >= 11 is 3.34. The van der Waals surface area contributed by atoms with Gasteiger partial charge in [0, 0.05) is 29.2 Å². The van der Waals surface area contributed by atoms with Gasteiger partial charge in [0.15, 0.2) is 0 Å². The molecule has 4 nitrogen and oxygen atoms in total. The minimum absolute atomic E-state index is 0.142. The predicted molar refractivity (Wildman–Crippen MR) is 88.3 cm³/mol. The Labute approximate surface area is 134 Å². The molecule has 0 heterocycles. The lowest BCUT2D eigenvalue weighted by Crippen LogP contribution is -2.32. The van der Waals surface area contributed by atoms with Crippen molar-refractivity contribution in [2.45, 2.75) is 58.0 Å². The average Bonchev–Trinajstić information content (AvgIpc) is 2.73. The van der Waals surface area contributed by atoms with Crippen molar-refractivity contribution in [1.29, 1.82) is 0 Å². The van der Waals surface area contributed by atoms with Crippen LogP contribution < -0.4 is 5.32 Å². The molecule has 1 saturated carbocycles. The molecule has 1 aromatic carbocycles. The Kier molecular flexibility index (Phi) is 6.18. The zero-order chi connectivity index (χ0) is 15.2. The summed E-state index contributed by atoms with van der Waals surface area (Å²) in [5, 5.41) is 14.4. The number of non-ortho nitro benzene ring substituents is 1. The van der Waals surface area contributed by atoms with E-state index in [2.05, 4.69) is 28.2 Å². The summed E-state index contributed by atoms with van der Waals surface area (Å²) < 4.78 is 0.760. The second kappa shape index (κ2) is 7.90. The van der Waals surface area contributed by atoms with Crippen LogP contribution in [0, 0.1) is 16.0 Å².